The summed E-state index contributed by atoms with van der Waals surface area (Å²) in [5.74, 6) is -0.0597. The molecular formula is C17H18ClNO3. The van der Waals surface area contributed by atoms with E-state index in [4.69, 9.17) is 21.1 Å². The van der Waals surface area contributed by atoms with E-state index in [0.29, 0.717) is 17.9 Å². The second-order valence-electron chi connectivity index (χ2n) is 5.62. The molecule has 4 nitrogen and oxygen atoms in total. The monoisotopic (exact) mass is 319 g/mol. The average Bonchev–Trinajstić information content (AvgIpc) is 3.04. The van der Waals surface area contributed by atoms with Gasteiger partial charge >= 0.3 is 5.97 Å². The number of piperidine rings is 1. The third-order valence-corrected chi connectivity index (χ3v) is 4.49. The van der Waals surface area contributed by atoms with E-state index >= 15 is 0 Å². The standard InChI is InChI=1S/C17H18ClNO3/c18-14-5-3-12(4-6-14)16(15-2-1-11-22-15)19-9-7-13(8-10-19)17(20)21/h1-6,11,13,16H,7-10H2,(H,20,21). The average molecular weight is 320 g/mol. The molecule has 2 aromatic rings. The maximum Gasteiger partial charge on any atom is 0.306 e. The summed E-state index contributed by atoms with van der Waals surface area (Å²) in [6.07, 6.45) is 3.00. The summed E-state index contributed by atoms with van der Waals surface area (Å²) in [5, 5.41) is 9.84. The van der Waals surface area contributed by atoms with Crippen molar-refractivity contribution in [3.8, 4) is 0 Å². The predicted octanol–water partition coefficient (Wildman–Crippen LogP) is 3.82. The molecule has 0 aliphatic carbocycles. The number of hydrogen-bond donors (Lipinski definition) is 1. The predicted molar refractivity (Wildman–Crippen MR) is 83.9 cm³/mol. The van der Waals surface area contributed by atoms with Crippen molar-refractivity contribution in [1.29, 1.82) is 0 Å². The van der Waals surface area contributed by atoms with Gasteiger partial charge in [0.2, 0.25) is 0 Å². The Labute approximate surface area is 134 Å². The van der Waals surface area contributed by atoms with Crippen molar-refractivity contribution in [2.75, 3.05) is 13.1 Å². The molecule has 116 valence electrons. The van der Waals surface area contributed by atoms with E-state index in [1.165, 1.54) is 0 Å². The molecule has 1 aromatic heterocycles. The Morgan fingerprint density at radius 1 is 1.23 bits per heavy atom. The number of hydrogen-bond acceptors (Lipinski definition) is 3. The van der Waals surface area contributed by atoms with E-state index < -0.39 is 5.97 Å². The number of aliphatic carboxylic acids is 1. The van der Waals surface area contributed by atoms with Crippen molar-refractivity contribution < 1.29 is 14.3 Å². The van der Waals surface area contributed by atoms with E-state index in [2.05, 4.69) is 4.90 Å². The molecule has 1 aliphatic rings. The third kappa shape index (κ3) is 3.18. The van der Waals surface area contributed by atoms with Gasteiger partial charge in [-0.05, 0) is 55.8 Å². The van der Waals surface area contributed by atoms with E-state index in [1.54, 1.807) is 6.26 Å². The van der Waals surface area contributed by atoms with E-state index in [-0.39, 0.29) is 12.0 Å². The van der Waals surface area contributed by atoms with E-state index in [9.17, 15) is 4.79 Å². The highest BCUT2D eigenvalue weighted by molar-refractivity contribution is 6.30. The molecular weight excluding hydrogens is 302 g/mol. The first-order valence-corrected chi connectivity index (χ1v) is 7.78. The van der Waals surface area contributed by atoms with Gasteiger partial charge in [-0.3, -0.25) is 9.69 Å². The Balaban J connectivity index is 1.84. The zero-order chi connectivity index (χ0) is 15.5. The first-order valence-electron chi connectivity index (χ1n) is 7.41. The minimum Gasteiger partial charge on any atom is -0.481 e. The van der Waals surface area contributed by atoms with Crippen LogP contribution < -0.4 is 0 Å². The lowest BCUT2D eigenvalue weighted by atomic mass is 9.93. The summed E-state index contributed by atoms with van der Waals surface area (Å²) >= 11 is 5.98. The van der Waals surface area contributed by atoms with Crippen molar-refractivity contribution in [3.05, 3.63) is 59.0 Å². The van der Waals surface area contributed by atoms with Crippen LogP contribution >= 0.6 is 11.6 Å². The molecule has 1 unspecified atom stereocenters. The molecule has 1 atom stereocenters. The first-order chi connectivity index (χ1) is 10.6. The number of carboxylic acid groups (broad SMARTS) is 1. The molecule has 0 bridgehead atoms. The minimum atomic E-state index is -0.694. The molecule has 0 saturated carbocycles. The number of halogens is 1. The zero-order valence-electron chi connectivity index (χ0n) is 12.1. The summed E-state index contributed by atoms with van der Waals surface area (Å²) in [5.41, 5.74) is 1.10. The molecule has 1 aromatic carbocycles. The highest BCUT2D eigenvalue weighted by Crippen LogP contribution is 2.33. The topological polar surface area (TPSA) is 53.7 Å². The van der Waals surface area contributed by atoms with E-state index in [1.807, 2.05) is 36.4 Å². The number of nitrogens with zero attached hydrogens (tertiary/aromatic N) is 1. The molecule has 0 radical (unpaired) electrons. The normalized spacial score (nSPS) is 18.2. The molecule has 0 spiro atoms. The lowest BCUT2D eigenvalue weighted by Gasteiger charge is -2.35. The van der Waals surface area contributed by atoms with Gasteiger partial charge in [0, 0.05) is 5.02 Å². The fourth-order valence-electron chi connectivity index (χ4n) is 3.05. The summed E-state index contributed by atoms with van der Waals surface area (Å²) < 4.78 is 5.62. The first kappa shape index (κ1) is 15.1. The van der Waals surface area contributed by atoms with Crippen LogP contribution in [-0.4, -0.2) is 29.1 Å². The number of likely N-dealkylation sites (tertiary alicyclic amines) is 1. The molecule has 3 rings (SSSR count). The maximum atomic E-state index is 11.1. The molecule has 1 saturated heterocycles. The van der Waals surface area contributed by atoms with Crippen molar-refractivity contribution in [1.82, 2.24) is 4.90 Å². The Bertz CT molecular complexity index is 616. The lowest BCUT2D eigenvalue weighted by molar-refractivity contribution is -0.143. The molecule has 5 heteroatoms. The number of benzene rings is 1. The van der Waals surface area contributed by atoms with Crippen LogP contribution in [-0.2, 0) is 4.79 Å². The summed E-state index contributed by atoms with van der Waals surface area (Å²) in [7, 11) is 0. The van der Waals surface area contributed by atoms with Crippen LogP contribution in [0.1, 0.15) is 30.2 Å². The van der Waals surface area contributed by atoms with Gasteiger partial charge in [-0.25, -0.2) is 0 Å². The summed E-state index contributed by atoms with van der Waals surface area (Å²) in [6.45, 7) is 1.48. The lowest BCUT2D eigenvalue weighted by Crippen LogP contribution is -2.39. The molecule has 1 fully saturated rings. The Kier molecular flexibility index (Phi) is 4.50. The zero-order valence-corrected chi connectivity index (χ0v) is 12.9. The van der Waals surface area contributed by atoms with Crippen LogP contribution in [0.4, 0.5) is 0 Å². The van der Waals surface area contributed by atoms with Gasteiger partial charge < -0.3 is 9.52 Å². The Hall–Kier alpha value is -1.78. The number of carboxylic acids is 1. The van der Waals surface area contributed by atoms with Crippen molar-refractivity contribution in [3.63, 3.8) is 0 Å². The van der Waals surface area contributed by atoms with Gasteiger partial charge in [0.25, 0.3) is 0 Å². The third-order valence-electron chi connectivity index (χ3n) is 4.24. The largest absolute Gasteiger partial charge is 0.481 e. The molecule has 2 heterocycles. The van der Waals surface area contributed by atoms with Crippen LogP contribution in [0.5, 0.6) is 0 Å². The second-order valence-corrected chi connectivity index (χ2v) is 6.05. The number of rotatable bonds is 4. The minimum absolute atomic E-state index is 0.00186. The van der Waals surface area contributed by atoms with E-state index in [0.717, 1.165) is 24.4 Å². The SMILES string of the molecule is O=C(O)C1CCN(C(c2ccc(Cl)cc2)c2ccco2)CC1. The van der Waals surface area contributed by atoms with Gasteiger partial charge in [-0.15, -0.1) is 0 Å². The molecule has 0 amide bonds. The number of furan rings is 1. The maximum absolute atomic E-state index is 11.1. The van der Waals surface area contributed by atoms with Crippen LogP contribution in [0, 0.1) is 5.92 Å². The van der Waals surface area contributed by atoms with Gasteiger partial charge in [0.1, 0.15) is 5.76 Å². The fourth-order valence-corrected chi connectivity index (χ4v) is 3.18. The highest BCUT2D eigenvalue weighted by atomic mass is 35.5. The Morgan fingerprint density at radius 2 is 1.91 bits per heavy atom. The van der Waals surface area contributed by atoms with Gasteiger partial charge in [-0.2, -0.15) is 0 Å². The van der Waals surface area contributed by atoms with Crippen LogP contribution in [0.3, 0.4) is 0 Å². The van der Waals surface area contributed by atoms with Crippen LogP contribution in [0.15, 0.2) is 47.1 Å². The van der Waals surface area contributed by atoms with Crippen molar-refractivity contribution >= 4 is 17.6 Å². The molecule has 1 aliphatic heterocycles. The number of carbonyl (C=O) groups is 1. The Morgan fingerprint density at radius 3 is 2.45 bits per heavy atom. The smallest absolute Gasteiger partial charge is 0.306 e. The molecule has 22 heavy (non-hydrogen) atoms. The van der Waals surface area contributed by atoms with Crippen molar-refractivity contribution in [2.24, 2.45) is 5.92 Å². The van der Waals surface area contributed by atoms with Crippen LogP contribution in [0.25, 0.3) is 0 Å². The summed E-state index contributed by atoms with van der Waals surface area (Å²) in [6, 6.07) is 11.6. The quantitative estimate of drug-likeness (QED) is 0.930. The second kappa shape index (κ2) is 6.55. The fraction of sp³-hybridized carbons (Fsp3) is 0.353. The van der Waals surface area contributed by atoms with Gasteiger partial charge in [0.05, 0.1) is 18.2 Å². The van der Waals surface area contributed by atoms with Gasteiger partial charge in [-0.1, -0.05) is 23.7 Å². The summed E-state index contributed by atoms with van der Waals surface area (Å²) in [4.78, 5) is 13.4. The van der Waals surface area contributed by atoms with Gasteiger partial charge in [0.15, 0.2) is 0 Å². The van der Waals surface area contributed by atoms with Crippen molar-refractivity contribution in [2.45, 2.75) is 18.9 Å². The molecule has 1 N–H and O–H groups in total. The highest BCUT2D eigenvalue weighted by Gasteiger charge is 2.31. The van der Waals surface area contributed by atoms with Crippen LogP contribution in [0.2, 0.25) is 5.02 Å².